The second-order valence-corrected chi connectivity index (χ2v) is 3.57. The number of aliphatic hydroxyl groups is 1. The van der Waals surface area contributed by atoms with E-state index in [1.807, 2.05) is 13.8 Å². The van der Waals surface area contributed by atoms with Gasteiger partial charge in [-0.15, -0.1) is 11.6 Å². The van der Waals surface area contributed by atoms with Gasteiger partial charge in [0.25, 0.3) is 0 Å². The van der Waals surface area contributed by atoms with Gasteiger partial charge in [-0.3, -0.25) is 0 Å². The molecule has 4 heteroatoms. The SMILES string of the molecule is CC(C)(CCl)c1ncc(CO)o1. The Morgan fingerprint density at radius 3 is 2.75 bits per heavy atom. The molecule has 0 aliphatic carbocycles. The van der Waals surface area contributed by atoms with Gasteiger partial charge >= 0.3 is 0 Å². The fourth-order valence-corrected chi connectivity index (χ4v) is 0.865. The lowest BCUT2D eigenvalue weighted by atomic mass is 9.97. The molecule has 0 bridgehead atoms. The summed E-state index contributed by atoms with van der Waals surface area (Å²) in [5.74, 6) is 1.49. The molecule has 1 rings (SSSR count). The van der Waals surface area contributed by atoms with Crippen molar-refractivity contribution in [3.8, 4) is 0 Å². The topological polar surface area (TPSA) is 46.3 Å². The average Bonchev–Trinajstić information content (AvgIpc) is 2.52. The zero-order chi connectivity index (χ0) is 9.19. The molecule has 0 aromatic carbocycles. The summed E-state index contributed by atoms with van der Waals surface area (Å²) < 4.78 is 5.24. The molecule has 68 valence electrons. The van der Waals surface area contributed by atoms with Crippen molar-refractivity contribution in [3.05, 3.63) is 17.8 Å². The van der Waals surface area contributed by atoms with E-state index in [0.29, 0.717) is 17.5 Å². The van der Waals surface area contributed by atoms with Gasteiger partial charge in [-0.25, -0.2) is 4.98 Å². The molecule has 0 unspecified atom stereocenters. The van der Waals surface area contributed by atoms with Crippen molar-refractivity contribution in [2.75, 3.05) is 5.88 Å². The Bertz CT molecular complexity index is 257. The summed E-state index contributed by atoms with van der Waals surface area (Å²) in [6.45, 7) is 3.76. The number of oxazole rings is 1. The Morgan fingerprint density at radius 1 is 1.67 bits per heavy atom. The molecule has 0 spiro atoms. The lowest BCUT2D eigenvalue weighted by Crippen LogP contribution is -2.19. The summed E-state index contributed by atoms with van der Waals surface area (Å²) in [5, 5.41) is 8.72. The normalized spacial score (nSPS) is 12.0. The molecular formula is C8H12ClNO2. The fraction of sp³-hybridized carbons (Fsp3) is 0.625. The average molecular weight is 190 g/mol. The number of hydrogen-bond donors (Lipinski definition) is 1. The van der Waals surface area contributed by atoms with E-state index in [-0.39, 0.29) is 12.0 Å². The van der Waals surface area contributed by atoms with Crippen molar-refractivity contribution in [1.29, 1.82) is 0 Å². The molecular weight excluding hydrogens is 178 g/mol. The van der Waals surface area contributed by atoms with Crippen molar-refractivity contribution < 1.29 is 9.52 Å². The van der Waals surface area contributed by atoms with Crippen LogP contribution in [0.25, 0.3) is 0 Å². The van der Waals surface area contributed by atoms with Crippen LogP contribution in [0.4, 0.5) is 0 Å². The number of alkyl halides is 1. The first-order valence-electron chi connectivity index (χ1n) is 3.72. The van der Waals surface area contributed by atoms with Gasteiger partial charge in [-0.2, -0.15) is 0 Å². The number of halogens is 1. The molecule has 1 aromatic rings. The van der Waals surface area contributed by atoms with E-state index in [0.717, 1.165) is 0 Å². The Balaban J connectivity index is 2.88. The minimum Gasteiger partial charge on any atom is -0.443 e. The van der Waals surface area contributed by atoms with E-state index < -0.39 is 0 Å². The van der Waals surface area contributed by atoms with E-state index in [4.69, 9.17) is 21.1 Å². The molecule has 1 heterocycles. The van der Waals surface area contributed by atoms with Gasteiger partial charge in [0.15, 0.2) is 0 Å². The summed E-state index contributed by atoms with van der Waals surface area (Å²) in [4.78, 5) is 4.02. The van der Waals surface area contributed by atoms with Crippen molar-refractivity contribution >= 4 is 11.6 Å². The molecule has 12 heavy (non-hydrogen) atoms. The lowest BCUT2D eigenvalue weighted by molar-refractivity contribution is 0.237. The highest BCUT2D eigenvalue weighted by atomic mass is 35.5. The molecule has 0 radical (unpaired) electrons. The van der Waals surface area contributed by atoms with Crippen LogP contribution in [-0.2, 0) is 12.0 Å². The van der Waals surface area contributed by atoms with Crippen LogP contribution in [0, 0.1) is 0 Å². The van der Waals surface area contributed by atoms with Crippen LogP contribution in [0.15, 0.2) is 10.6 Å². The summed E-state index contributed by atoms with van der Waals surface area (Å²) >= 11 is 5.72. The summed E-state index contributed by atoms with van der Waals surface area (Å²) in [6, 6.07) is 0. The zero-order valence-electron chi connectivity index (χ0n) is 7.17. The fourth-order valence-electron chi connectivity index (χ4n) is 0.751. The van der Waals surface area contributed by atoms with Crippen LogP contribution < -0.4 is 0 Å². The summed E-state index contributed by atoms with van der Waals surface area (Å²) in [6.07, 6.45) is 1.52. The molecule has 0 fully saturated rings. The van der Waals surface area contributed by atoms with Gasteiger partial charge in [0, 0.05) is 5.88 Å². The van der Waals surface area contributed by atoms with E-state index in [1.54, 1.807) is 0 Å². The Kier molecular flexibility index (Phi) is 2.75. The number of rotatable bonds is 3. The highest BCUT2D eigenvalue weighted by Crippen LogP contribution is 2.23. The van der Waals surface area contributed by atoms with E-state index in [9.17, 15) is 0 Å². The maximum absolute atomic E-state index is 8.72. The van der Waals surface area contributed by atoms with Gasteiger partial charge < -0.3 is 9.52 Å². The second-order valence-electron chi connectivity index (χ2n) is 3.31. The number of aromatic nitrogens is 1. The Hall–Kier alpha value is -0.540. The van der Waals surface area contributed by atoms with Crippen LogP contribution in [0.1, 0.15) is 25.5 Å². The highest BCUT2D eigenvalue weighted by Gasteiger charge is 2.24. The van der Waals surface area contributed by atoms with E-state index >= 15 is 0 Å². The van der Waals surface area contributed by atoms with Crippen molar-refractivity contribution in [2.24, 2.45) is 0 Å². The first-order valence-corrected chi connectivity index (χ1v) is 4.25. The Labute approximate surface area is 76.4 Å². The van der Waals surface area contributed by atoms with Crippen molar-refractivity contribution in [3.63, 3.8) is 0 Å². The molecule has 0 aliphatic rings. The third-order valence-corrected chi connectivity index (χ3v) is 2.29. The monoisotopic (exact) mass is 189 g/mol. The number of aliphatic hydroxyl groups excluding tert-OH is 1. The third-order valence-electron chi connectivity index (χ3n) is 1.62. The van der Waals surface area contributed by atoms with Gasteiger partial charge in [0.05, 0.1) is 11.6 Å². The van der Waals surface area contributed by atoms with Gasteiger partial charge in [-0.05, 0) is 13.8 Å². The smallest absolute Gasteiger partial charge is 0.201 e. The van der Waals surface area contributed by atoms with E-state index in [2.05, 4.69) is 4.98 Å². The van der Waals surface area contributed by atoms with Crippen molar-refractivity contribution in [1.82, 2.24) is 4.98 Å². The molecule has 0 saturated heterocycles. The maximum atomic E-state index is 8.72. The molecule has 0 atom stereocenters. The standard InChI is InChI=1S/C8H12ClNO2/c1-8(2,5-9)7-10-3-6(4-11)12-7/h3,11H,4-5H2,1-2H3. The van der Waals surface area contributed by atoms with Crippen LogP contribution >= 0.6 is 11.6 Å². The number of hydrogen-bond acceptors (Lipinski definition) is 3. The minimum atomic E-state index is -0.269. The van der Waals surface area contributed by atoms with Gasteiger partial charge in [0.2, 0.25) is 5.89 Å². The minimum absolute atomic E-state index is 0.120. The largest absolute Gasteiger partial charge is 0.443 e. The second kappa shape index (κ2) is 3.46. The first kappa shape index (κ1) is 9.55. The van der Waals surface area contributed by atoms with Crippen molar-refractivity contribution in [2.45, 2.75) is 25.9 Å². The first-order chi connectivity index (χ1) is 5.60. The number of nitrogens with zero attached hydrogens (tertiary/aromatic N) is 1. The maximum Gasteiger partial charge on any atom is 0.201 e. The molecule has 1 aromatic heterocycles. The summed E-state index contributed by atoms with van der Waals surface area (Å²) in [5.41, 5.74) is -0.269. The quantitative estimate of drug-likeness (QED) is 0.736. The predicted octanol–water partition coefficient (Wildman–Crippen LogP) is 1.68. The van der Waals surface area contributed by atoms with Crippen LogP contribution in [-0.4, -0.2) is 16.0 Å². The van der Waals surface area contributed by atoms with Gasteiger partial charge in [0.1, 0.15) is 12.4 Å². The van der Waals surface area contributed by atoms with Gasteiger partial charge in [-0.1, -0.05) is 0 Å². The molecule has 0 amide bonds. The Morgan fingerprint density at radius 2 is 2.33 bits per heavy atom. The zero-order valence-corrected chi connectivity index (χ0v) is 7.93. The predicted molar refractivity (Wildman–Crippen MR) is 46.2 cm³/mol. The van der Waals surface area contributed by atoms with Crippen LogP contribution in [0.3, 0.4) is 0 Å². The van der Waals surface area contributed by atoms with E-state index in [1.165, 1.54) is 6.20 Å². The molecule has 1 N–H and O–H groups in total. The summed E-state index contributed by atoms with van der Waals surface area (Å²) in [7, 11) is 0. The molecule has 3 nitrogen and oxygen atoms in total. The highest BCUT2D eigenvalue weighted by molar-refractivity contribution is 6.18. The lowest BCUT2D eigenvalue weighted by Gasteiger charge is -2.15. The molecule has 0 saturated carbocycles. The van der Waals surface area contributed by atoms with Crippen LogP contribution in [0.2, 0.25) is 0 Å². The van der Waals surface area contributed by atoms with Crippen LogP contribution in [0.5, 0.6) is 0 Å². The molecule has 0 aliphatic heterocycles. The third kappa shape index (κ3) is 1.79.